The zero-order valence-electron chi connectivity index (χ0n) is 12.0. The summed E-state index contributed by atoms with van der Waals surface area (Å²) in [5.41, 5.74) is 6.91. The molecule has 0 spiro atoms. The Morgan fingerprint density at radius 1 is 1.37 bits per heavy atom. The highest BCUT2D eigenvalue weighted by atomic mass is 16.3. The molecule has 0 aliphatic heterocycles. The summed E-state index contributed by atoms with van der Waals surface area (Å²) in [7, 11) is 1.80. The lowest BCUT2D eigenvalue weighted by Gasteiger charge is -2.24. The second-order valence-corrected chi connectivity index (χ2v) is 5.21. The molecule has 4 heteroatoms. The van der Waals surface area contributed by atoms with Crippen LogP contribution >= 0.6 is 0 Å². The van der Waals surface area contributed by atoms with Crippen molar-refractivity contribution in [3.63, 3.8) is 0 Å². The topological polar surface area (TPSA) is 66.6 Å². The maximum absolute atomic E-state index is 12.1. The highest BCUT2D eigenvalue weighted by Crippen LogP contribution is 2.12. The molecule has 2 atom stereocenters. The predicted octanol–water partition coefficient (Wildman–Crippen LogP) is 1.77. The van der Waals surface area contributed by atoms with Gasteiger partial charge < -0.3 is 15.7 Å². The van der Waals surface area contributed by atoms with E-state index in [2.05, 4.69) is 13.8 Å². The molecule has 1 amide bonds. The molecule has 0 radical (unpaired) electrons. The number of hydrogen-bond donors (Lipinski definition) is 2. The van der Waals surface area contributed by atoms with Crippen LogP contribution in [0.1, 0.15) is 25.8 Å². The summed E-state index contributed by atoms with van der Waals surface area (Å²) in [6.45, 7) is 4.97. The average molecular weight is 264 g/mol. The van der Waals surface area contributed by atoms with Crippen molar-refractivity contribution in [3.8, 4) is 5.75 Å². The van der Waals surface area contributed by atoms with Crippen LogP contribution < -0.4 is 5.73 Å². The number of nitrogens with two attached hydrogens (primary N) is 1. The minimum absolute atomic E-state index is 0.0339. The molecule has 4 nitrogen and oxygen atoms in total. The van der Waals surface area contributed by atoms with E-state index in [9.17, 15) is 9.90 Å². The van der Waals surface area contributed by atoms with Crippen LogP contribution in [0.15, 0.2) is 24.3 Å². The summed E-state index contributed by atoms with van der Waals surface area (Å²) in [6, 6.07) is 6.26. The van der Waals surface area contributed by atoms with E-state index in [0.29, 0.717) is 12.3 Å². The van der Waals surface area contributed by atoms with E-state index in [1.54, 1.807) is 36.2 Å². The highest BCUT2D eigenvalue weighted by Gasteiger charge is 2.19. The molecule has 0 fully saturated rings. The van der Waals surface area contributed by atoms with E-state index >= 15 is 0 Å². The lowest BCUT2D eigenvalue weighted by Crippen LogP contribution is -2.44. The molecule has 0 aliphatic carbocycles. The van der Waals surface area contributed by atoms with Crippen molar-refractivity contribution in [2.75, 3.05) is 13.6 Å². The fraction of sp³-hybridized carbons (Fsp3) is 0.533. The minimum Gasteiger partial charge on any atom is -0.508 e. The number of nitrogens with zero attached hydrogens (tertiary/aromatic N) is 1. The van der Waals surface area contributed by atoms with Gasteiger partial charge in [0.1, 0.15) is 5.75 Å². The quantitative estimate of drug-likeness (QED) is 0.823. The standard InChI is InChI=1S/C15H24N2O2/c1-4-11(2)10-17(3)15(19)14(16)9-12-5-7-13(18)8-6-12/h5-8,11,14,18H,4,9-10,16H2,1-3H3/t11?,14-/m1/s1. The number of benzene rings is 1. The lowest BCUT2D eigenvalue weighted by atomic mass is 10.0. The lowest BCUT2D eigenvalue weighted by molar-refractivity contribution is -0.131. The van der Waals surface area contributed by atoms with Gasteiger partial charge in [-0.1, -0.05) is 32.4 Å². The van der Waals surface area contributed by atoms with Gasteiger partial charge in [0.2, 0.25) is 5.91 Å². The predicted molar refractivity (Wildman–Crippen MR) is 76.9 cm³/mol. The summed E-state index contributed by atoms with van der Waals surface area (Å²) >= 11 is 0. The Morgan fingerprint density at radius 3 is 2.47 bits per heavy atom. The van der Waals surface area contributed by atoms with Crippen molar-refractivity contribution in [3.05, 3.63) is 29.8 Å². The molecule has 0 bridgehead atoms. The number of carbonyl (C=O) groups excluding carboxylic acids is 1. The number of aromatic hydroxyl groups is 1. The maximum Gasteiger partial charge on any atom is 0.239 e. The number of likely N-dealkylation sites (N-methyl/N-ethyl adjacent to an activating group) is 1. The Balaban J connectivity index is 2.54. The molecule has 1 aromatic carbocycles. The SMILES string of the molecule is CCC(C)CN(C)C(=O)[C@H](N)Cc1ccc(O)cc1. The maximum atomic E-state index is 12.1. The van der Waals surface area contributed by atoms with Gasteiger partial charge in [-0.05, 0) is 30.0 Å². The Bertz CT molecular complexity index is 403. The third kappa shape index (κ3) is 4.91. The fourth-order valence-electron chi connectivity index (χ4n) is 1.94. The van der Waals surface area contributed by atoms with Crippen molar-refractivity contribution in [2.24, 2.45) is 11.7 Å². The van der Waals surface area contributed by atoms with Crippen LogP contribution in [0.5, 0.6) is 5.75 Å². The molecule has 0 saturated carbocycles. The Hall–Kier alpha value is -1.55. The number of phenols is 1. The van der Waals surface area contributed by atoms with Gasteiger partial charge in [0, 0.05) is 13.6 Å². The van der Waals surface area contributed by atoms with Crippen LogP contribution in [0.25, 0.3) is 0 Å². The van der Waals surface area contributed by atoms with Gasteiger partial charge in [-0.15, -0.1) is 0 Å². The summed E-state index contributed by atoms with van der Waals surface area (Å²) in [4.78, 5) is 13.8. The van der Waals surface area contributed by atoms with E-state index < -0.39 is 6.04 Å². The molecular formula is C15H24N2O2. The first kappa shape index (κ1) is 15.5. The van der Waals surface area contributed by atoms with E-state index in [1.165, 1.54) is 0 Å². The van der Waals surface area contributed by atoms with Gasteiger partial charge in [-0.3, -0.25) is 4.79 Å². The first-order chi connectivity index (χ1) is 8.93. The second kappa shape index (κ2) is 7.14. The van der Waals surface area contributed by atoms with Crippen molar-refractivity contribution >= 4 is 5.91 Å². The summed E-state index contributed by atoms with van der Waals surface area (Å²) in [5, 5.41) is 9.21. The van der Waals surface area contributed by atoms with Gasteiger partial charge in [0.15, 0.2) is 0 Å². The molecule has 0 aromatic heterocycles. The molecule has 0 saturated heterocycles. The van der Waals surface area contributed by atoms with Crippen LogP contribution in [0.4, 0.5) is 0 Å². The molecular weight excluding hydrogens is 240 g/mol. The number of phenolic OH excluding ortho intramolecular Hbond substituents is 1. The van der Waals surface area contributed by atoms with Crippen LogP contribution in [0, 0.1) is 5.92 Å². The van der Waals surface area contributed by atoms with Gasteiger partial charge >= 0.3 is 0 Å². The van der Waals surface area contributed by atoms with Crippen LogP contribution in [-0.4, -0.2) is 35.5 Å². The van der Waals surface area contributed by atoms with Crippen molar-refractivity contribution in [2.45, 2.75) is 32.7 Å². The third-order valence-electron chi connectivity index (χ3n) is 3.37. The number of amides is 1. The van der Waals surface area contributed by atoms with Gasteiger partial charge in [-0.2, -0.15) is 0 Å². The fourth-order valence-corrected chi connectivity index (χ4v) is 1.94. The highest BCUT2D eigenvalue weighted by molar-refractivity contribution is 5.81. The third-order valence-corrected chi connectivity index (χ3v) is 3.37. The average Bonchev–Trinajstić information content (AvgIpc) is 2.40. The number of carbonyl (C=O) groups is 1. The van der Waals surface area contributed by atoms with Crippen molar-refractivity contribution < 1.29 is 9.90 Å². The van der Waals surface area contributed by atoms with Crippen LogP contribution in [0.3, 0.4) is 0 Å². The number of hydrogen-bond acceptors (Lipinski definition) is 3. The molecule has 0 aliphatic rings. The Morgan fingerprint density at radius 2 is 1.95 bits per heavy atom. The zero-order chi connectivity index (χ0) is 14.4. The molecule has 0 heterocycles. The largest absolute Gasteiger partial charge is 0.508 e. The van der Waals surface area contributed by atoms with Gasteiger partial charge in [-0.25, -0.2) is 0 Å². The monoisotopic (exact) mass is 264 g/mol. The minimum atomic E-state index is -0.529. The molecule has 19 heavy (non-hydrogen) atoms. The molecule has 1 unspecified atom stereocenters. The summed E-state index contributed by atoms with van der Waals surface area (Å²) < 4.78 is 0. The van der Waals surface area contributed by atoms with Gasteiger partial charge in [0.25, 0.3) is 0 Å². The number of rotatable bonds is 6. The normalized spacial score (nSPS) is 13.9. The van der Waals surface area contributed by atoms with E-state index in [-0.39, 0.29) is 11.7 Å². The van der Waals surface area contributed by atoms with Crippen molar-refractivity contribution in [1.82, 2.24) is 4.90 Å². The van der Waals surface area contributed by atoms with Crippen molar-refractivity contribution in [1.29, 1.82) is 0 Å². The summed E-state index contributed by atoms with van der Waals surface area (Å²) in [5.74, 6) is 0.667. The molecule has 3 N–H and O–H groups in total. The van der Waals surface area contributed by atoms with Crippen LogP contribution in [-0.2, 0) is 11.2 Å². The Labute approximate surface area is 115 Å². The molecule has 106 valence electrons. The molecule has 1 aromatic rings. The van der Waals surface area contributed by atoms with E-state index in [4.69, 9.17) is 5.73 Å². The summed E-state index contributed by atoms with van der Waals surface area (Å²) in [6.07, 6.45) is 1.54. The Kier molecular flexibility index (Phi) is 5.83. The second-order valence-electron chi connectivity index (χ2n) is 5.21. The smallest absolute Gasteiger partial charge is 0.239 e. The van der Waals surface area contributed by atoms with Crippen LogP contribution in [0.2, 0.25) is 0 Å². The van der Waals surface area contributed by atoms with Gasteiger partial charge in [0.05, 0.1) is 6.04 Å². The first-order valence-electron chi connectivity index (χ1n) is 6.72. The molecule has 1 rings (SSSR count). The first-order valence-corrected chi connectivity index (χ1v) is 6.72. The van der Waals surface area contributed by atoms with E-state index in [1.807, 2.05) is 0 Å². The zero-order valence-corrected chi connectivity index (χ0v) is 12.0. The van der Waals surface area contributed by atoms with E-state index in [0.717, 1.165) is 18.5 Å².